The Balaban J connectivity index is 2.38. The highest BCUT2D eigenvalue weighted by atomic mass is 79.9. The van der Waals surface area contributed by atoms with Gasteiger partial charge >= 0.3 is 0 Å². The first-order valence-corrected chi connectivity index (χ1v) is 7.79. The number of hydrogen-bond donors (Lipinski definition) is 2. The van der Waals surface area contributed by atoms with Gasteiger partial charge in [-0.2, -0.15) is 0 Å². The minimum absolute atomic E-state index is 0.0541. The Hall–Kier alpha value is -1.38. The van der Waals surface area contributed by atoms with Crippen LogP contribution in [-0.2, 0) is 16.6 Å². The molecule has 0 aliphatic heterocycles. The summed E-state index contributed by atoms with van der Waals surface area (Å²) >= 11 is 2.95. The summed E-state index contributed by atoms with van der Waals surface area (Å²) in [4.78, 5) is -0.207. The summed E-state index contributed by atoms with van der Waals surface area (Å²) < 4.78 is 45.0. The van der Waals surface area contributed by atoms with Crippen LogP contribution in [0.4, 0.5) is 10.1 Å². The van der Waals surface area contributed by atoms with Crippen LogP contribution in [0.1, 0.15) is 11.3 Å². The molecule has 1 heterocycles. The molecule has 1 aromatic carbocycles. The van der Waals surface area contributed by atoms with Crippen molar-refractivity contribution < 1.29 is 22.3 Å². The third-order valence-corrected chi connectivity index (χ3v) is 4.74. The van der Waals surface area contributed by atoms with Gasteiger partial charge in [-0.15, -0.1) is 0 Å². The number of nitrogens with one attached hydrogen (secondary N) is 1. The van der Waals surface area contributed by atoms with Crippen molar-refractivity contribution in [3.63, 3.8) is 0 Å². The molecule has 0 amide bonds. The van der Waals surface area contributed by atoms with Gasteiger partial charge in [-0.1, -0.05) is 6.07 Å². The Kier molecular flexibility index (Phi) is 4.17. The fourth-order valence-electron chi connectivity index (χ4n) is 1.56. The number of aliphatic hydroxyl groups excluding tert-OH is 1. The van der Waals surface area contributed by atoms with E-state index in [0.29, 0.717) is 5.56 Å². The Labute approximate surface area is 123 Å². The van der Waals surface area contributed by atoms with Gasteiger partial charge in [-0.05, 0) is 40.5 Å². The van der Waals surface area contributed by atoms with Gasteiger partial charge in [0.25, 0.3) is 10.0 Å². The number of aryl methyl sites for hydroxylation is 1. The third kappa shape index (κ3) is 3.02. The lowest BCUT2D eigenvalue weighted by Gasteiger charge is -2.08. The Morgan fingerprint density at radius 1 is 1.40 bits per heavy atom. The minimum Gasteiger partial charge on any atom is -0.450 e. The molecular formula is C12H11BrFNO4S. The largest absolute Gasteiger partial charge is 0.450 e. The van der Waals surface area contributed by atoms with E-state index in [1.807, 2.05) is 0 Å². The van der Waals surface area contributed by atoms with Gasteiger partial charge in [0, 0.05) is 6.07 Å². The van der Waals surface area contributed by atoms with Crippen LogP contribution in [0.25, 0.3) is 0 Å². The lowest BCUT2D eigenvalue weighted by Crippen LogP contribution is -2.13. The van der Waals surface area contributed by atoms with E-state index in [-0.39, 0.29) is 21.0 Å². The van der Waals surface area contributed by atoms with E-state index >= 15 is 0 Å². The fraction of sp³-hybridized carbons (Fsp3) is 0.167. The van der Waals surface area contributed by atoms with Crippen LogP contribution in [0.3, 0.4) is 0 Å². The molecule has 108 valence electrons. The van der Waals surface area contributed by atoms with E-state index in [0.717, 1.165) is 0 Å². The summed E-state index contributed by atoms with van der Waals surface area (Å²) in [5, 5.41) is 8.92. The lowest BCUT2D eigenvalue weighted by atomic mass is 10.2. The van der Waals surface area contributed by atoms with Crippen LogP contribution in [0.5, 0.6) is 0 Å². The first-order valence-electron chi connectivity index (χ1n) is 5.51. The normalized spacial score (nSPS) is 11.6. The maximum Gasteiger partial charge on any atom is 0.266 e. The number of furan rings is 1. The summed E-state index contributed by atoms with van der Waals surface area (Å²) in [6.45, 7) is 1.26. The summed E-state index contributed by atoms with van der Waals surface area (Å²) in [6, 6.07) is 5.31. The van der Waals surface area contributed by atoms with Gasteiger partial charge in [0.05, 0.1) is 5.69 Å². The number of sulfonamides is 1. The average molecular weight is 364 g/mol. The van der Waals surface area contributed by atoms with Crippen molar-refractivity contribution in [2.75, 3.05) is 4.72 Å². The number of anilines is 1. The van der Waals surface area contributed by atoms with Crippen LogP contribution >= 0.6 is 15.9 Å². The lowest BCUT2D eigenvalue weighted by molar-refractivity contribution is 0.245. The molecule has 5 nitrogen and oxygen atoms in total. The molecule has 20 heavy (non-hydrogen) atoms. The Bertz CT molecular complexity index is 742. The minimum atomic E-state index is -4.01. The third-order valence-electron chi connectivity index (χ3n) is 2.52. The van der Waals surface area contributed by atoms with Crippen LogP contribution in [0.15, 0.2) is 38.2 Å². The van der Waals surface area contributed by atoms with Crippen LogP contribution in [0, 0.1) is 12.7 Å². The molecule has 0 fully saturated rings. The van der Waals surface area contributed by atoms with Crippen molar-refractivity contribution in [1.29, 1.82) is 0 Å². The van der Waals surface area contributed by atoms with Crippen LogP contribution in [0.2, 0.25) is 0 Å². The molecule has 0 bridgehead atoms. The molecule has 2 rings (SSSR count). The van der Waals surface area contributed by atoms with Crippen molar-refractivity contribution in [2.24, 2.45) is 0 Å². The Morgan fingerprint density at radius 3 is 2.65 bits per heavy atom. The van der Waals surface area contributed by atoms with E-state index in [1.165, 1.54) is 18.2 Å². The summed E-state index contributed by atoms with van der Waals surface area (Å²) in [6.07, 6.45) is 0. The predicted molar refractivity (Wildman–Crippen MR) is 74.3 cm³/mol. The highest BCUT2D eigenvalue weighted by Crippen LogP contribution is 2.28. The first-order chi connectivity index (χ1) is 9.33. The molecule has 8 heteroatoms. The van der Waals surface area contributed by atoms with Crippen molar-refractivity contribution in [2.45, 2.75) is 18.4 Å². The van der Waals surface area contributed by atoms with Gasteiger partial charge in [0.2, 0.25) is 0 Å². The quantitative estimate of drug-likeness (QED) is 0.875. The number of aliphatic hydroxyl groups is 1. The second-order valence-electron chi connectivity index (χ2n) is 4.10. The highest BCUT2D eigenvalue weighted by molar-refractivity contribution is 9.10. The zero-order valence-corrected chi connectivity index (χ0v) is 12.8. The standard InChI is InChI=1S/C12H11BrFNO4S/c1-7-2-3-10(9(14)4-7)15-20(17,18)11-5-8(6-16)19-12(11)13/h2-5,15-16H,6H2,1H3. The molecule has 0 atom stereocenters. The van der Waals surface area contributed by atoms with Gasteiger partial charge in [-0.25, -0.2) is 12.8 Å². The number of hydrogen-bond acceptors (Lipinski definition) is 4. The van der Waals surface area contributed by atoms with E-state index in [2.05, 4.69) is 20.7 Å². The molecule has 0 aliphatic rings. The van der Waals surface area contributed by atoms with Gasteiger partial charge in [-0.3, -0.25) is 4.72 Å². The van der Waals surface area contributed by atoms with Crippen molar-refractivity contribution in [1.82, 2.24) is 0 Å². The maximum atomic E-state index is 13.7. The van der Waals surface area contributed by atoms with Gasteiger partial charge in [0.15, 0.2) is 4.67 Å². The summed E-state index contributed by atoms with van der Waals surface area (Å²) in [5.74, 6) is -0.586. The molecule has 1 aromatic heterocycles. The Morgan fingerprint density at radius 2 is 2.10 bits per heavy atom. The first kappa shape index (κ1) is 15.0. The topological polar surface area (TPSA) is 79.5 Å². The summed E-state index contributed by atoms with van der Waals surface area (Å²) in [5.41, 5.74) is 0.520. The zero-order chi connectivity index (χ0) is 14.9. The van der Waals surface area contributed by atoms with E-state index in [1.54, 1.807) is 13.0 Å². The van der Waals surface area contributed by atoms with Gasteiger partial charge < -0.3 is 9.52 Å². The van der Waals surface area contributed by atoms with Gasteiger partial charge in [0.1, 0.15) is 23.1 Å². The summed E-state index contributed by atoms with van der Waals surface area (Å²) in [7, 11) is -4.01. The second-order valence-corrected chi connectivity index (χ2v) is 6.47. The highest BCUT2D eigenvalue weighted by Gasteiger charge is 2.23. The molecule has 0 radical (unpaired) electrons. The fourth-order valence-corrected chi connectivity index (χ4v) is 3.63. The molecular weight excluding hydrogens is 353 g/mol. The second kappa shape index (κ2) is 5.55. The smallest absolute Gasteiger partial charge is 0.266 e. The average Bonchev–Trinajstić information content (AvgIpc) is 2.75. The van der Waals surface area contributed by atoms with E-state index in [4.69, 9.17) is 9.52 Å². The van der Waals surface area contributed by atoms with E-state index in [9.17, 15) is 12.8 Å². The number of benzene rings is 1. The molecule has 0 unspecified atom stereocenters. The SMILES string of the molecule is Cc1ccc(NS(=O)(=O)c2cc(CO)oc2Br)c(F)c1. The van der Waals surface area contributed by atoms with Crippen LogP contribution < -0.4 is 4.72 Å². The number of halogens is 2. The van der Waals surface area contributed by atoms with Crippen molar-refractivity contribution in [3.05, 3.63) is 46.1 Å². The molecule has 0 saturated heterocycles. The van der Waals surface area contributed by atoms with E-state index < -0.39 is 22.4 Å². The molecule has 0 spiro atoms. The molecule has 2 aromatic rings. The van der Waals surface area contributed by atoms with Crippen LogP contribution in [-0.4, -0.2) is 13.5 Å². The maximum absolute atomic E-state index is 13.7. The number of rotatable bonds is 4. The van der Waals surface area contributed by atoms with Crippen molar-refractivity contribution in [3.8, 4) is 0 Å². The predicted octanol–water partition coefficient (Wildman–Crippen LogP) is 2.78. The monoisotopic (exact) mass is 363 g/mol. The molecule has 0 aliphatic carbocycles. The van der Waals surface area contributed by atoms with Crippen molar-refractivity contribution >= 4 is 31.6 Å². The molecule has 0 saturated carbocycles. The molecule has 2 N–H and O–H groups in total. The zero-order valence-electron chi connectivity index (χ0n) is 10.4.